The van der Waals surface area contributed by atoms with Gasteiger partial charge in [-0.2, -0.15) is 0 Å². The Hall–Kier alpha value is -2.93. The van der Waals surface area contributed by atoms with E-state index in [4.69, 9.17) is 26.6 Å². The maximum absolute atomic E-state index is 15.1. The van der Waals surface area contributed by atoms with Gasteiger partial charge in [-0.25, -0.2) is 13.6 Å². The number of aromatic nitrogens is 1. The van der Waals surface area contributed by atoms with Gasteiger partial charge in [0.05, 0.1) is 12.1 Å². The van der Waals surface area contributed by atoms with E-state index in [-0.39, 0.29) is 23.9 Å². The van der Waals surface area contributed by atoms with Gasteiger partial charge >= 0.3 is 0 Å². The van der Waals surface area contributed by atoms with E-state index in [1.165, 1.54) is 6.07 Å². The van der Waals surface area contributed by atoms with Crippen molar-refractivity contribution < 1.29 is 22.7 Å². The Balaban J connectivity index is 1.44. The number of piperazine rings is 1. The van der Waals surface area contributed by atoms with Crippen molar-refractivity contribution >= 4 is 34.3 Å². The van der Waals surface area contributed by atoms with E-state index in [2.05, 4.69) is 20.9 Å². The molecule has 0 bridgehead atoms. The van der Waals surface area contributed by atoms with E-state index >= 15 is 4.39 Å². The van der Waals surface area contributed by atoms with Crippen LogP contribution in [0.1, 0.15) is 55.7 Å². The maximum Gasteiger partial charge on any atom is 0.242 e. The first-order valence-electron chi connectivity index (χ1n) is 14.9. The van der Waals surface area contributed by atoms with Gasteiger partial charge in [0.1, 0.15) is 5.82 Å². The molecule has 1 amide bonds. The van der Waals surface area contributed by atoms with Crippen molar-refractivity contribution in [1.29, 1.82) is 0 Å². The number of nitrogens with one attached hydrogen (secondary N) is 3. The Bertz CT molecular complexity index is 1390. The van der Waals surface area contributed by atoms with Crippen molar-refractivity contribution in [2.75, 3.05) is 24.2 Å². The molecule has 12 heteroatoms. The second kappa shape index (κ2) is 16.4. The van der Waals surface area contributed by atoms with Gasteiger partial charge in [0.25, 0.3) is 0 Å². The topological polar surface area (TPSA) is 139 Å². The number of anilines is 1. The summed E-state index contributed by atoms with van der Waals surface area (Å²) in [4.78, 5) is 18.0. The van der Waals surface area contributed by atoms with E-state index < -0.39 is 34.8 Å². The van der Waals surface area contributed by atoms with Crippen molar-refractivity contribution in [1.82, 2.24) is 15.6 Å². The molecule has 238 valence electrons. The highest BCUT2D eigenvalue weighted by Gasteiger charge is 2.29. The first-order chi connectivity index (χ1) is 21.1. The number of benzene rings is 2. The Kier molecular flexibility index (Phi) is 12.7. The lowest BCUT2D eigenvalue weighted by Crippen LogP contribution is -2.54. The monoisotopic (exact) mass is 645 g/mol. The molecule has 0 radical (unpaired) electrons. The van der Waals surface area contributed by atoms with Crippen LogP contribution in [0.3, 0.4) is 0 Å². The van der Waals surface area contributed by atoms with E-state index in [0.29, 0.717) is 48.0 Å². The van der Waals surface area contributed by atoms with Crippen molar-refractivity contribution in [3.8, 4) is 5.88 Å². The predicted molar refractivity (Wildman–Crippen MR) is 173 cm³/mol. The maximum atomic E-state index is 15.1. The minimum Gasteiger partial charge on any atom is -0.475 e. The zero-order valence-electron chi connectivity index (χ0n) is 25.0. The SMILES string of the molecule is CC(C)Oc1ccc([C@H](c2ccc(Cl)cc2)[C@H](N)C(=O)Nc2cccc(F)c2CCC2CNC(CCCS(=O)O)CN2)cn1. The number of nitrogens with zero attached hydrogens (tertiary/aromatic N) is 1. The number of amides is 1. The van der Waals surface area contributed by atoms with Crippen LogP contribution in [0.15, 0.2) is 60.8 Å². The lowest BCUT2D eigenvalue weighted by molar-refractivity contribution is -0.117. The molecule has 0 spiro atoms. The second-order valence-electron chi connectivity index (χ2n) is 11.3. The number of rotatable bonds is 14. The highest BCUT2D eigenvalue weighted by Crippen LogP contribution is 2.30. The number of hydrogen-bond acceptors (Lipinski definition) is 7. The summed E-state index contributed by atoms with van der Waals surface area (Å²) >= 11 is 4.36. The fourth-order valence-electron chi connectivity index (χ4n) is 5.40. The van der Waals surface area contributed by atoms with Crippen LogP contribution in [0.4, 0.5) is 10.1 Å². The summed E-state index contributed by atoms with van der Waals surface area (Å²) in [5.41, 5.74) is 8.95. The van der Waals surface area contributed by atoms with E-state index in [9.17, 15) is 9.00 Å². The van der Waals surface area contributed by atoms with Crippen molar-refractivity contribution in [3.05, 3.63) is 88.3 Å². The van der Waals surface area contributed by atoms with E-state index in [1.807, 2.05) is 32.0 Å². The van der Waals surface area contributed by atoms with Gasteiger partial charge in [-0.05, 0) is 74.9 Å². The molecule has 0 aliphatic carbocycles. The van der Waals surface area contributed by atoms with Gasteiger partial charge in [-0.3, -0.25) is 4.79 Å². The zero-order valence-corrected chi connectivity index (χ0v) is 26.5. The number of pyridine rings is 1. The molecule has 0 saturated carbocycles. The molecule has 6 N–H and O–H groups in total. The smallest absolute Gasteiger partial charge is 0.242 e. The number of nitrogens with two attached hydrogens (primary N) is 1. The van der Waals surface area contributed by atoms with Crippen LogP contribution in [-0.2, 0) is 22.3 Å². The molecule has 2 aromatic carbocycles. The molecule has 1 fully saturated rings. The van der Waals surface area contributed by atoms with Crippen LogP contribution in [0.5, 0.6) is 5.88 Å². The molecule has 2 heterocycles. The molecule has 44 heavy (non-hydrogen) atoms. The zero-order chi connectivity index (χ0) is 31.6. The standard InChI is InChI=1S/C32H41ClFN5O4S/c1-20(2)43-29-15-10-22(17-38-29)30(21-8-11-23(33)12-9-21)31(35)32(40)39-28-7-3-6-27(34)26(28)14-13-25-19-36-24(18-37-25)5-4-16-44(41)42/h3,6-12,15,17,20,24-25,30-31,36-37H,4-5,13-14,16,18-19,35H2,1-2H3,(H,39,40)(H,41,42)/t24?,25?,30-,31-/m0/s1. The molecule has 5 atom stereocenters. The van der Waals surface area contributed by atoms with Crippen LogP contribution in [0.25, 0.3) is 0 Å². The lowest BCUT2D eigenvalue weighted by atomic mass is 9.85. The Morgan fingerprint density at radius 1 is 1.11 bits per heavy atom. The summed E-state index contributed by atoms with van der Waals surface area (Å²) in [6.07, 6.45) is 4.15. The molecule has 1 aromatic heterocycles. The van der Waals surface area contributed by atoms with Crippen LogP contribution in [0.2, 0.25) is 5.02 Å². The third kappa shape index (κ3) is 9.79. The highest BCUT2D eigenvalue weighted by molar-refractivity contribution is 7.79. The van der Waals surface area contributed by atoms with Gasteiger partial charge in [0.15, 0.2) is 11.1 Å². The minimum atomic E-state index is -1.77. The molecule has 1 aliphatic rings. The summed E-state index contributed by atoms with van der Waals surface area (Å²) in [5.74, 6) is -0.659. The first-order valence-corrected chi connectivity index (χ1v) is 16.5. The number of hydrogen-bond donors (Lipinski definition) is 5. The van der Waals surface area contributed by atoms with E-state index in [0.717, 1.165) is 24.1 Å². The van der Waals surface area contributed by atoms with Gasteiger partial charge in [0, 0.05) is 65.4 Å². The molecular weight excluding hydrogens is 605 g/mol. The van der Waals surface area contributed by atoms with Gasteiger partial charge in [0.2, 0.25) is 11.8 Å². The first kappa shape index (κ1) is 34.0. The van der Waals surface area contributed by atoms with Gasteiger partial charge in [-0.1, -0.05) is 35.9 Å². The molecule has 4 rings (SSSR count). The molecule has 3 aromatic rings. The molecule has 1 aliphatic heterocycles. The highest BCUT2D eigenvalue weighted by atomic mass is 35.5. The molecular formula is C32H41ClFN5O4S. The van der Waals surface area contributed by atoms with Crippen LogP contribution in [0, 0.1) is 5.82 Å². The van der Waals surface area contributed by atoms with Crippen LogP contribution < -0.4 is 26.4 Å². The average molecular weight is 646 g/mol. The summed E-state index contributed by atoms with van der Waals surface area (Å²) in [5, 5.41) is 10.4. The molecule has 3 unspecified atom stereocenters. The fraction of sp³-hybridized carbons (Fsp3) is 0.438. The number of carbonyl (C=O) groups excluding carboxylic acids is 1. The van der Waals surface area contributed by atoms with Crippen molar-refractivity contribution in [3.63, 3.8) is 0 Å². The number of halogens is 2. The normalized spacial score (nSPS) is 18.9. The van der Waals surface area contributed by atoms with Crippen molar-refractivity contribution in [2.24, 2.45) is 5.73 Å². The Morgan fingerprint density at radius 2 is 1.80 bits per heavy atom. The number of ether oxygens (including phenoxy) is 1. The summed E-state index contributed by atoms with van der Waals surface area (Å²) in [6, 6.07) is 14.7. The molecule has 9 nitrogen and oxygen atoms in total. The fourth-order valence-corrected chi connectivity index (χ4v) is 5.94. The largest absolute Gasteiger partial charge is 0.475 e. The third-order valence-electron chi connectivity index (χ3n) is 7.66. The molecule has 1 saturated heterocycles. The number of carbonyl (C=O) groups is 1. The predicted octanol–water partition coefficient (Wildman–Crippen LogP) is 4.62. The van der Waals surface area contributed by atoms with Crippen molar-refractivity contribution in [2.45, 2.75) is 69.7 Å². The van der Waals surface area contributed by atoms with Gasteiger partial charge in [-0.15, -0.1) is 0 Å². The van der Waals surface area contributed by atoms with Gasteiger partial charge < -0.3 is 31.0 Å². The van der Waals surface area contributed by atoms with Crippen LogP contribution in [-0.4, -0.2) is 62.7 Å². The van der Waals surface area contributed by atoms with E-state index in [1.54, 1.807) is 36.5 Å². The van der Waals surface area contributed by atoms with Crippen LogP contribution >= 0.6 is 11.6 Å². The lowest BCUT2D eigenvalue weighted by Gasteiger charge is -2.31. The Morgan fingerprint density at radius 3 is 2.41 bits per heavy atom. The quantitative estimate of drug-likeness (QED) is 0.160. The minimum absolute atomic E-state index is 0.0348. The average Bonchev–Trinajstić information content (AvgIpc) is 2.99. The third-order valence-corrected chi connectivity index (χ3v) is 8.55. The Labute approximate surface area is 265 Å². The summed E-state index contributed by atoms with van der Waals surface area (Å²) < 4.78 is 40.6. The second-order valence-corrected chi connectivity index (χ2v) is 12.8. The summed E-state index contributed by atoms with van der Waals surface area (Å²) in [7, 11) is 0. The summed E-state index contributed by atoms with van der Waals surface area (Å²) in [6.45, 7) is 5.26.